The van der Waals surface area contributed by atoms with E-state index in [0.717, 1.165) is 0 Å². The summed E-state index contributed by atoms with van der Waals surface area (Å²) < 4.78 is 5.10. The number of hydrogen-bond donors (Lipinski definition) is 1. The van der Waals surface area contributed by atoms with E-state index >= 15 is 0 Å². The molecule has 3 rings (SSSR count). The highest BCUT2D eigenvalue weighted by atomic mass is 16.3. The van der Waals surface area contributed by atoms with Crippen molar-refractivity contribution in [3.63, 3.8) is 0 Å². The largest absolute Gasteiger partial charge is 0.463 e. The summed E-state index contributed by atoms with van der Waals surface area (Å²) in [6.45, 7) is 1.15. The average Bonchev–Trinajstić information content (AvgIpc) is 3.15. The van der Waals surface area contributed by atoms with Gasteiger partial charge in [-0.05, 0) is 37.1 Å². The minimum absolute atomic E-state index is 0.0188. The topological polar surface area (TPSA) is 74.9 Å². The minimum Gasteiger partial charge on any atom is -0.463 e. The summed E-state index contributed by atoms with van der Waals surface area (Å²) in [5.74, 6) is 0.354. The van der Waals surface area contributed by atoms with Crippen LogP contribution in [-0.2, 0) is 4.79 Å². The fourth-order valence-electron chi connectivity index (χ4n) is 2.72. The third kappa shape index (κ3) is 3.90. The van der Waals surface area contributed by atoms with Crippen LogP contribution in [0, 0.1) is 5.92 Å². The van der Waals surface area contributed by atoms with Crippen molar-refractivity contribution in [1.29, 1.82) is 0 Å². The SMILES string of the molecule is O=C(N/N=C\c1ccco1)C1CCN(C(=O)c2ccccc2)CC1. The maximum atomic E-state index is 12.4. The number of hydrogen-bond acceptors (Lipinski definition) is 4. The molecule has 24 heavy (non-hydrogen) atoms. The van der Waals surface area contributed by atoms with Gasteiger partial charge in [0.05, 0.1) is 12.5 Å². The summed E-state index contributed by atoms with van der Waals surface area (Å²) in [6, 6.07) is 12.7. The lowest BCUT2D eigenvalue weighted by atomic mass is 9.95. The van der Waals surface area contributed by atoms with Crippen LogP contribution in [0.3, 0.4) is 0 Å². The Labute approximate surface area is 140 Å². The molecule has 0 saturated carbocycles. The van der Waals surface area contributed by atoms with Crippen molar-refractivity contribution >= 4 is 18.0 Å². The minimum atomic E-state index is -0.126. The highest BCUT2D eigenvalue weighted by molar-refractivity contribution is 5.94. The van der Waals surface area contributed by atoms with Gasteiger partial charge in [0.15, 0.2) is 0 Å². The van der Waals surface area contributed by atoms with Crippen LogP contribution in [-0.4, -0.2) is 36.0 Å². The van der Waals surface area contributed by atoms with Crippen molar-refractivity contribution in [3.05, 3.63) is 60.1 Å². The number of benzene rings is 1. The Morgan fingerprint density at radius 3 is 2.54 bits per heavy atom. The lowest BCUT2D eigenvalue weighted by molar-refractivity contribution is -0.126. The maximum absolute atomic E-state index is 12.4. The summed E-state index contributed by atoms with van der Waals surface area (Å²) in [4.78, 5) is 26.3. The van der Waals surface area contributed by atoms with E-state index in [9.17, 15) is 9.59 Å². The Hall–Kier alpha value is -2.89. The maximum Gasteiger partial charge on any atom is 0.253 e. The van der Waals surface area contributed by atoms with Crippen LogP contribution in [0.5, 0.6) is 0 Å². The number of nitrogens with one attached hydrogen (secondary N) is 1. The lowest BCUT2D eigenvalue weighted by Gasteiger charge is -2.31. The van der Waals surface area contributed by atoms with Crippen molar-refractivity contribution in [3.8, 4) is 0 Å². The molecular weight excluding hydrogens is 306 g/mol. The third-order valence-electron chi connectivity index (χ3n) is 4.08. The first-order valence-electron chi connectivity index (χ1n) is 7.95. The fourth-order valence-corrected chi connectivity index (χ4v) is 2.72. The number of carbonyl (C=O) groups excluding carboxylic acids is 2. The molecule has 6 nitrogen and oxygen atoms in total. The molecule has 1 aliphatic rings. The van der Waals surface area contributed by atoms with Crippen LogP contribution in [0.25, 0.3) is 0 Å². The smallest absolute Gasteiger partial charge is 0.253 e. The summed E-state index contributed by atoms with van der Waals surface area (Å²) in [7, 11) is 0. The van der Waals surface area contributed by atoms with Crippen molar-refractivity contribution in [1.82, 2.24) is 10.3 Å². The van der Waals surface area contributed by atoms with Crippen molar-refractivity contribution < 1.29 is 14.0 Å². The van der Waals surface area contributed by atoms with E-state index in [1.165, 1.54) is 6.21 Å². The van der Waals surface area contributed by atoms with Crippen LogP contribution in [0.2, 0.25) is 0 Å². The molecule has 1 N–H and O–H groups in total. The van der Waals surface area contributed by atoms with Crippen LogP contribution in [0.4, 0.5) is 0 Å². The molecule has 2 aromatic rings. The Kier molecular flexibility index (Phi) is 5.05. The first kappa shape index (κ1) is 16.0. The van der Waals surface area contributed by atoms with Gasteiger partial charge in [0, 0.05) is 24.6 Å². The zero-order valence-electron chi connectivity index (χ0n) is 13.2. The molecule has 2 amide bonds. The van der Waals surface area contributed by atoms with Gasteiger partial charge in [0.1, 0.15) is 5.76 Å². The van der Waals surface area contributed by atoms with Gasteiger partial charge in [-0.15, -0.1) is 0 Å². The van der Waals surface area contributed by atoms with E-state index < -0.39 is 0 Å². The van der Waals surface area contributed by atoms with Crippen LogP contribution < -0.4 is 5.43 Å². The number of carbonyl (C=O) groups is 2. The molecule has 1 aromatic heterocycles. The highest BCUT2D eigenvalue weighted by Gasteiger charge is 2.27. The molecule has 124 valence electrons. The number of furan rings is 1. The van der Waals surface area contributed by atoms with Crippen molar-refractivity contribution in [2.45, 2.75) is 12.8 Å². The van der Waals surface area contributed by atoms with Crippen molar-refractivity contribution in [2.24, 2.45) is 11.0 Å². The molecule has 1 aliphatic heterocycles. The second-order valence-electron chi connectivity index (χ2n) is 5.68. The van der Waals surface area contributed by atoms with Gasteiger partial charge in [-0.3, -0.25) is 9.59 Å². The van der Waals surface area contributed by atoms with Gasteiger partial charge in [0.2, 0.25) is 5.91 Å². The normalized spacial score (nSPS) is 15.6. The van der Waals surface area contributed by atoms with Gasteiger partial charge >= 0.3 is 0 Å². The Bertz CT molecular complexity index is 702. The Morgan fingerprint density at radius 1 is 1.12 bits per heavy atom. The second kappa shape index (κ2) is 7.59. The van der Waals surface area contributed by atoms with E-state index in [-0.39, 0.29) is 17.7 Å². The molecule has 0 spiro atoms. The molecule has 0 unspecified atom stereocenters. The monoisotopic (exact) mass is 325 g/mol. The van der Waals surface area contributed by atoms with Crippen LogP contribution in [0.15, 0.2) is 58.2 Å². The summed E-state index contributed by atoms with van der Waals surface area (Å²) in [5.41, 5.74) is 3.22. The van der Waals surface area contributed by atoms with Gasteiger partial charge < -0.3 is 9.32 Å². The lowest BCUT2D eigenvalue weighted by Crippen LogP contribution is -2.42. The van der Waals surface area contributed by atoms with E-state index in [2.05, 4.69) is 10.5 Å². The number of piperidine rings is 1. The second-order valence-corrected chi connectivity index (χ2v) is 5.68. The fraction of sp³-hybridized carbons (Fsp3) is 0.278. The number of hydrazone groups is 1. The quantitative estimate of drug-likeness (QED) is 0.692. The van der Waals surface area contributed by atoms with E-state index in [0.29, 0.717) is 37.3 Å². The van der Waals surface area contributed by atoms with Crippen molar-refractivity contribution in [2.75, 3.05) is 13.1 Å². The van der Waals surface area contributed by atoms with Gasteiger partial charge in [-0.1, -0.05) is 18.2 Å². The first-order valence-corrected chi connectivity index (χ1v) is 7.95. The highest BCUT2D eigenvalue weighted by Crippen LogP contribution is 2.19. The first-order chi connectivity index (χ1) is 11.7. The van der Waals surface area contributed by atoms with E-state index in [4.69, 9.17) is 4.42 Å². The number of rotatable bonds is 4. The summed E-state index contributed by atoms with van der Waals surface area (Å²) in [5, 5.41) is 3.89. The predicted molar refractivity (Wildman–Crippen MR) is 89.5 cm³/mol. The van der Waals surface area contributed by atoms with Gasteiger partial charge in [-0.2, -0.15) is 5.10 Å². The number of nitrogens with zero attached hydrogens (tertiary/aromatic N) is 2. The zero-order valence-corrected chi connectivity index (χ0v) is 13.2. The van der Waals surface area contributed by atoms with Gasteiger partial charge in [-0.25, -0.2) is 5.43 Å². The molecule has 1 fully saturated rings. The molecule has 0 radical (unpaired) electrons. The molecule has 6 heteroatoms. The molecule has 0 atom stereocenters. The van der Waals surface area contributed by atoms with E-state index in [1.807, 2.05) is 30.3 Å². The van der Waals surface area contributed by atoms with Crippen LogP contribution in [0.1, 0.15) is 29.0 Å². The third-order valence-corrected chi connectivity index (χ3v) is 4.08. The van der Waals surface area contributed by atoms with Crippen LogP contribution >= 0.6 is 0 Å². The molecule has 0 aliphatic carbocycles. The number of likely N-dealkylation sites (tertiary alicyclic amines) is 1. The summed E-state index contributed by atoms with van der Waals surface area (Å²) in [6.07, 6.45) is 4.29. The average molecular weight is 325 g/mol. The van der Waals surface area contributed by atoms with Gasteiger partial charge in [0.25, 0.3) is 5.91 Å². The zero-order chi connectivity index (χ0) is 16.8. The standard InChI is InChI=1S/C18H19N3O3/c22-17(20-19-13-16-7-4-12-24-16)14-8-10-21(11-9-14)18(23)15-5-2-1-3-6-15/h1-7,12-14H,8-11H2,(H,20,22)/b19-13-. The predicted octanol–water partition coefficient (Wildman–Crippen LogP) is 2.28. The Balaban J connectivity index is 1.48. The summed E-state index contributed by atoms with van der Waals surface area (Å²) >= 11 is 0. The molecular formula is C18H19N3O3. The number of amides is 2. The molecule has 1 saturated heterocycles. The van der Waals surface area contributed by atoms with E-state index in [1.54, 1.807) is 23.3 Å². The Morgan fingerprint density at radius 2 is 1.88 bits per heavy atom. The molecule has 2 heterocycles. The molecule has 1 aromatic carbocycles. The molecule has 0 bridgehead atoms.